The zero-order chi connectivity index (χ0) is 14.7. The van der Waals surface area contributed by atoms with Crippen molar-refractivity contribution in [3.8, 4) is 5.69 Å². The summed E-state index contributed by atoms with van der Waals surface area (Å²) in [5, 5.41) is 8.62. The summed E-state index contributed by atoms with van der Waals surface area (Å²) in [6.45, 7) is 7.45. The normalized spacial score (nSPS) is 12.7. The first-order chi connectivity index (χ1) is 9.54. The molecule has 3 nitrogen and oxygen atoms in total. The van der Waals surface area contributed by atoms with Crippen molar-refractivity contribution >= 4 is 11.6 Å². The number of halogens is 1. The van der Waals surface area contributed by atoms with Crippen molar-refractivity contribution in [1.29, 1.82) is 0 Å². The summed E-state index contributed by atoms with van der Waals surface area (Å²) < 4.78 is 1.96. The third-order valence-corrected chi connectivity index (χ3v) is 3.95. The second kappa shape index (κ2) is 6.42. The standard InChI is InChI=1S/C16H22ClN3/c1-11(10-18-4)9-14-12(2)19-20(13(14)3)16-8-6-5-7-15(16)17/h5-8,11,18H,9-10H2,1-4H3. The molecule has 1 aromatic carbocycles. The largest absolute Gasteiger partial charge is 0.319 e. The molecule has 1 aromatic heterocycles. The van der Waals surface area contributed by atoms with Gasteiger partial charge in [-0.05, 0) is 57.5 Å². The molecular weight excluding hydrogens is 270 g/mol. The fraction of sp³-hybridized carbons (Fsp3) is 0.438. The molecule has 0 aliphatic carbocycles. The molecule has 0 radical (unpaired) electrons. The number of rotatable bonds is 5. The van der Waals surface area contributed by atoms with Gasteiger partial charge in [0.25, 0.3) is 0 Å². The number of nitrogens with zero attached hydrogens (tertiary/aromatic N) is 2. The lowest BCUT2D eigenvalue weighted by atomic mass is 9.99. The first-order valence-electron chi connectivity index (χ1n) is 6.99. The molecule has 1 N–H and O–H groups in total. The van der Waals surface area contributed by atoms with E-state index in [4.69, 9.17) is 11.6 Å². The van der Waals surface area contributed by atoms with Gasteiger partial charge in [-0.25, -0.2) is 4.68 Å². The van der Waals surface area contributed by atoms with Crippen LogP contribution < -0.4 is 5.32 Å². The predicted octanol–water partition coefficient (Wildman–Crippen LogP) is 3.54. The summed E-state index contributed by atoms with van der Waals surface area (Å²) in [6, 6.07) is 7.83. The van der Waals surface area contributed by atoms with Crippen LogP contribution in [-0.4, -0.2) is 23.4 Å². The Balaban J connectivity index is 2.36. The van der Waals surface area contributed by atoms with E-state index in [9.17, 15) is 0 Å². The fourth-order valence-corrected chi connectivity index (χ4v) is 2.81. The summed E-state index contributed by atoms with van der Waals surface area (Å²) >= 11 is 6.28. The SMILES string of the molecule is CNCC(C)Cc1c(C)nn(-c2ccccc2Cl)c1C. The Labute approximate surface area is 126 Å². The van der Waals surface area contributed by atoms with E-state index < -0.39 is 0 Å². The Hall–Kier alpha value is -1.32. The van der Waals surface area contributed by atoms with Gasteiger partial charge in [0.15, 0.2) is 0 Å². The lowest BCUT2D eigenvalue weighted by molar-refractivity contribution is 0.539. The van der Waals surface area contributed by atoms with Crippen LogP contribution in [0.25, 0.3) is 5.69 Å². The van der Waals surface area contributed by atoms with Gasteiger partial charge in [0.1, 0.15) is 0 Å². The second-order valence-electron chi connectivity index (χ2n) is 5.38. The molecule has 0 amide bonds. The molecular formula is C16H22ClN3. The van der Waals surface area contributed by atoms with Gasteiger partial charge in [0, 0.05) is 5.69 Å². The van der Waals surface area contributed by atoms with Crippen molar-refractivity contribution in [1.82, 2.24) is 15.1 Å². The van der Waals surface area contributed by atoms with Crippen LogP contribution in [0.5, 0.6) is 0 Å². The smallest absolute Gasteiger partial charge is 0.0835 e. The number of aryl methyl sites for hydroxylation is 1. The van der Waals surface area contributed by atoms with Crippen molar-refractivity contribution < 1.29 is 0 Å². The Morgan fingerprint density at radius 2 is 2.00 bits per heavy atom. The zero-order valence-electron chi connectivity index (χ0n) is 12.6. The molecule has 2 aromatic rings. The zero-order valence-corrected chi connectivity index (χ0v) is 13.3. The van der Waals surface area contributed by atoms with Crippen LogP contribution in [0.3, 0.4) is 0 Å². The highest BCUT2D eigenvalue weighted by molar-refractivity contribution is 6.32. The first kappa shape index (κ1) is 15.1. The molecule has 20 heavy (non-hydrogen) atoms. The van der Waals surface area contributed by atoms with Gasteiger partial charge in [0.05, 0.1) is 16.4 Å². The highest BCUT2D eigenvalue weighted by atomic mass is 35.5. The highest BCUT2D eigenvalue weighted by Crippen LogP contribution is 2.25. The van der Waals surface area contributed by atoms with Gasteiger partial charge >= 0.3 is 0 Å². The first-order valence-corrected chi connectivity index (χ1v) is 7.37. The number of aromatic nitrogens is 2. The van der Waals surface area contributed by atoms with E-state index in [2.05, 4.69) is 31.2 Å². The second-order valence-corrected chi connectivity index (χ2v) is 5.79. The average Bonchev–Trinajstić information content (AvgIpc) is 2.68. The minimum atomic E-state index is 0.585. The van der Waals surface area contributed by atoms with Crippen molar-refractivity contribution in [2.45, 2.75) is 27.2 Å². The number of nitrogens with one attached hydrogen (secondary N) is 1. The molecule has 0 saturated heterocycles. The topological polar surface area (TPSA) is 29.9 Å². The van der Waals surface area contributed by atoms with E-state index in [0.29, 0.717) is 5.92 Å². The van der Waals surface area contributed by atoms with Gasteiger partial charge in [-0.2, -0.15) is 5.10 Å². The molecule has 0 fully saturated rings. The highest BCUT2D eigenvalue weighted by Gasteiger charge is 2.16. The summed E-state index contributed by atoms with van der Waals surface area (Å²) in [4.78, 5) is 0. The van der Waals surface area contributed by atoms with Crippen LogP contribution in [0.15, 0.2) is 24.3 Å². The number of hydrogen-bond acceptors (Lipinski definition) is 2. The van der Waals surface area contributed by atoms with Crippen LogP contribution in [0.4, 0.5) is 0 Å². The average molecular weight is 292 g/mol. The lowest BCUT2D eigenvalue weighted by Crippen LogP contribution is -2.18. The van der Waals surface area contributed by atoms with E-state index in [1.54, 1.807) is 0 Å². The molecule has 0 aliphatic rings. The van der Waals surface area contributed by atoms with E-state index in [-0.39, 0.29) is 0 Å². The molecule has 1 heterocycles. The number of hydrogen-bond donors (Lipinski definition) is 1. The van der Waals surface area contributed by atoms with E-state index in [1.807, 2.05) is 36.0 Å². The quantitative estimate of drug-likeness (QED) is 0.913. The third-order valence-electron chi connectivity index (χ3n) is 3.63. The summed E-state index contributed by atoms with van der Waals surface area (Å²) in [6.07, 6.45) is 1.03. The van der Waals surface area contributed by atoms with Crippen LogP contribution >= 0.6 is 11.6 Å². The van der Waals surface area contributed by atoms with Gasteiger partial charge in [0.2, 0.25) is 0 Å². The van der Waals surface area contributed by atoms with Gasteiger partial charge < -0.3 is 5.32 Å². The van der Waals surface area contributed by atoms with E-state index in [1.165, 1.54) is 11.3 Å². The third kappa shape index (κ3) is 3.05. The molecule has 2 rings (SSSR count). The Bertz CT molecular complexity index is 589. The maximum atomic E-state index is 6.28. The minimum Gasteiger partial charge on any atom is -0.319 e. The molecule has 0 bridgehead atoms. The maximum absolute atomic E-state index is 6.28. The molecule has 1 unspecified atom stereocenters. The Kier molecular flexibility index (Phi) is 4.84. The van der Waals surface area contributed by atoms with Crippen molar-refractivity contribution in [2.75, 3.05) is 13.6 Å². The van der Waals surface area contributed by atoms with Crippen LogP contribution in [0.1, 0.15) is 23.9 Å². The summed E-state index contributed by atoms with van der Waals surface area (Å²) in [5.74, 6) is 0.585. The van der Waals surface area contributed by atoms with Gasteiger partial charge in [-0.3, -0.25) is 0 Å². The van der Waals surface area contributed by atoms with Crippen molar-refractivity contribution in [2.24, 2.45) is 5.92 Å². The summed E-state index contributed by atoms with van der Waals surface area (Å²) in [7, 11) is 1.99. The van der Waals surface area contributed by atoms with Crippen molar-refractivity contribution in [3.05, 3.63) is 46.2 Å². The molecule has 1 atom stereocenters. The van der Waals surface area contributed by atoms with Gasteiger partial charge in [-0.1, -0.05) is 30.7 Å². The molecule has 0 aliphatic heterocycles. The maximum Gasteiger partial charge on any atom is 0.0835 e. The summed E-state index contributed by atoms with van der Waals surface area (Å²) in [5.41, 5.74) is 4.54. The van der Waals surface area contributed by atoms with E-state index in [0.717, 1.165) is 29.4 Å². The monoisotopic (exact) mass is 291 g/mol. The minimum absolute atomic E-state index is 0.585. The molecule has 108 valence electrons. The Morgan fingerprint density at radius 1 is 1.30 bits per heavy atom. The lowest BCUT2D eigenvalue weighted by Gasteiger charge is -2.11. The number of para-hydroxylation sites is 1. The van der Waals surface area contributed by atoms with Crippen molar-refractivity contribution in [3.63, 3.8) is 0 Å². The number of benzene rings is 1. The molecule has 0 saturated carbocycles. The van der Waals surface area contributed by atoms with Crippen LogP contribution in [0, 0.1) is 19.8 Å². The van der Waals surface area contributed by atoms with Crippen LogP contribution in [-0.2, 0) is 6.42 Å². The van der Waals surface area contributed by atoms with E-state index >= 15 is 0 Å². The van der Waals surface area contributed by atoms with Gasteiger partial charge in [-0.15, -0.1) is 0 Å². The Morgan fingerprint density at radius 3 is 2.65 bits per heavy atom. The predicted molar refractivity (Wildman–Crippen MR) is 84.8 cm³/mol. The molecule has 4 heteroatoms. The fourth-order valence-electron chi connectivity index (χ4n) is 2.60. The molecule has 0 spiro atoms. The van der Waals surface area contributed by atoms with Crippen LogP contribution in [0.2, 0.25) is 5.02 Å².